The minimum absolute atomic E-state index is 0.182. The zero-order valence-corrected chi connectivity index (χ0v) is 11.8. The van der Waals surface area contributed by atoms with Gasteiger partial charge < -0.3 is 5.73 Å². The van der Waals surface area contributed by atoms with Gasteiger partial charge in [-0.05, 0) is 34.8 Å². The Hall–Kier alpha value is -1.43. The van der Waals surface area contributed by atoms with Crippen molar-refractivity contribution in [2.75, 3.05) is 5.73 Å². The van der Waals surface area contributed by atoms with Crippen molar-refractivity contribution in [2.24, 2.45) is 0 Å². The van der Waals surface area contributed by atoms with Crippen LogP contribution in [-0.2, 0) is 12.8 Å². The molecule has 2 rings (SSSR count). The van der Waals surface area contributed by atoms with Crippen LogP contribution < -0.4 is 5.73 Å². The highest BCUT2D eigenvalue weighted by atomic mass is 79.9. The maximum atomic E-state index is 13.9. The second-order valence-electron chi connectivity index (χ2n) is 3.88. The van der Waals surface area contributed by atoms with Gasteiger partial charge in [0.2, 0.25) is 0 Å². The number of hydrogen-bond donors (Lipinski definition) is 1. The van der Waals surface area contributed by atoms with Gasteiger partial charge in [-0.2, -0.15) is 5.10 Å². The summed E-state index contributed by atoms with van der Waals surface area (Å²) in [6.45, 7) is 3.92. The SMILES string of the molecule is CCc1nn(-c2ncc(Br)cc2F)c(CC)c1N. The van der Waals surface area contributed by atoms with Crippen molar-refractivity contribution in [2.45, 2.75) is 26.7 Å². The second kappa shape index (κ2) is 5.06. The number of nitrogens with zero attached hydrogens (tertiary/aromatic N) is 3. The summed E-state index contributed by atoms with van der Waals surface area (Å²) in [6, 6.07) is 1.37. The number of aryl methyl sites for hydroxylation is 1. The van der Waals surface area contributed by atoms with Crippen LogP contribution in [0.2, 0.25) is 0 Å². The van der Waals surface area contributed by atoms with E-state index in [1.165, 1.54) is 10.7 Å². The lowest BCUT2D eigenvalue weighted by Crippen LogP contribution is -2.07. The average molecular weight is 313 g/mol. The van der Waals surface area contributed by atoms with Crippen molar-refractivity contribution in [1.82, 2.24) is 14.8 Å². The van der Waals surface area contributed by atoms with E-state index in [1.54, 1.807) is 6.20 Å². The Balaban J connectivity index is 2.63. The van der Waals surface area contributed by atoms with E-state index in [0.29, 0.717) is 23.0 Å². The fourth-order valence-corrected chi connectivity index (χ4v) is 2.16. The Morgan fingerprint density at radius 1 is 1.39 bits per heavy atom. The van der Waals surface area contributed by atoms with Crippen molar-refractivity contribution < 1.29 is 4.39 Å². The van der Waals surface area contributed by atoms with E-state index in [1.807, 2.05) is 13.8 Å². The van der Waals surface area contributed by atoms with Gasteiger partial charge in [-0.1, -0.05) is 13.8 Å². The Labute approximate surface area is 113 Å². The van der Waals surface area contributed by atoms with Gasteiger partial charge in [0.15, 0.2) is 11.6 Å². The van der Waals surface area contributed by atoms with Crippen LogP contribution >= 0.6 is 15.9 Å². The van der Waals surface area contributed by atoms with Crippen molar-refractivity contribution in [3.63, 3.8) is 0 Å². The van der Waals surface area contributed by atoms with Gasteiger partial charge in [-0.25, -0.2) is 14.1 Å². The van der Waals surface area contributed by atoms with Crippen LogP contribution in [0.1, 0.15) is 25.2 Å². The summed E-state index contributed by atoms with van der Waals surface area (Å²) in [6.07, 6.45) is 2.93. The standard InChI is InChI=1S/C12H14BrFN4/c1-3-9-11(15)10(4-2)18(17-9)12-8(14)5-7(13)6-16-12/h5-6H,3-4,15H2,1-2H3. The van der Waals surface area contributed by atoms with Gasteiger partial charge in [0.05, 0.1) is 17.1 Å². The summed E-state index contributed by atoms with van der Waals surface area (Å²) in [5.74, 6) is -0.245. The molecule has 6 heteroatoms. The zero-order chi connectivity index (χ0) is 13.3. The van der Waals surface area contributed by atoms with Crippen molar-refractivity contribution in [1.29, 1.82) is 0 Å². The number of aromatic nitrogens is 3. The van der Waals surface area contributed by atoms with Crippen LogP contribution in [0.5, 0.6) is 0 Å². The summed E-state index contributed by atoms with van der Waals surface area (Å²) < 4.78 is 16.0. The molecule has 18 heavy (non-hydrogen) atoms. The molecule has 2 N–H and O–H groups in total. The first kappa shape index (κ1) is 13.0. The van der Waals surface area contributed by atoms with E-state index < -0.39 is 5.82 Å². The number of hydrogen-bond acceptors (Lipinski definition) is 3. The molecule has 0 radical (unpaired) electrons. The normalized spacial score (nSPS) is 10.9. The minimum Gasteiger partial charge on any atom is -0.396 e. The molecule has 0 saturated carbocycles. The number of anilines is 1. The number of nitrogens with two attached hydrogens (primary N) is 1. The van der Waals surface area contributed by atoms with Crippen LogP contribution in [0, 0.1) is 5.82 Å². The molecule has 2 aromatic rings. The van der Waals surface area contributed by atoms with Gasteiger partial charge in [0.1, 0.15) is 0 Å². The van der Waals surface area contributed by atoms with E-state index >= 15 is 0 Å². The van der Waals surface area contributed by atoms with E-state index in [9.17, 15) is 4.39 Å². The first-order valence-electron chi connectivity index (χ1n) is 5.76. The largest absolute Gasteiger partial charge is 0.396 e. The maximum absolute atomic E-state index is 13.9. The first-order valence-corrected chi connectivity index (χ1v) is 6.55. The highest BCUT2D eigenvalue weighted by Crippen LogP contribution is 2.23. The van der Waals surface area contributed by atoms with Crippen molar-refractivity contribution in [3.05, 3.63) is 33.9 Å². The van der Waals surface area contributed by atoms with Crippen LogP contribution in [0.15, 0.2) is 16.7 Å². The molecule has 0 fully saturated rings. The summed E-state index contributed by atoms with van der Waals surface area (Å²) in [7, 11) is 0. The fourth-order valence-electron chi connectivity index (χ4n) is 1.86. The zero-order valence-electron chi connectivity index (χ0n) is 10.2. The molecule has 0 aliphatic rings. The monoisotopic (exact) mass is 312 g/mol. The Bertz CT molecular complexity index is 580. The van der Waals surface area contributed by atoms with Gasteiger partial charge >= 0.3 is 0 Å². The summed E-state index contributed by atoms with van der Waals surface area (Å²) >= 11 is 3.18. The molecule has 2 aromatic heterocycles. The van der Waals surface area contributed by atoms with Gasteiger partial charge in [-0.3, -0.25) is 0 Å². The van der Waals surface area contributed by atoms with E-state index in [-0.39, 0.29) is 5.82 Å². The quantitative estimate of drug-likeness (QED) is 0.948. The molecule has 0 bridgehead atoms. The summed E-state index contributed by atoms with van der Waals surface area (Å²) in [4.78, 5) is 4.07. The molecule has 0 aliphatic heterocycles. The van der Waals surface area contributed by atoms with Gasteiger partial charge in [0, 0.05) is 10.7 Å². The molecule has 0 aliphatic carbocycles. The molecular formula is C12H14BrFN4. The fraction of sp³-hybridized carbons (Fsp3) is 0.333. The number of pyridine rings is 1. The third kappa shape index (κ3) is 2.12. The predicted octanol–water partition coefficient (Wildman–Crippen LogP) is 2.88. The molecule has 0 spiro atoms. The summed E-state index contributed by atoms with van der Waals surface area (Å²) in [5.41, 5.74) is 8.19. The Morgan fingerprint density at radius 2 is 2.11 bits per heavy atom. The summed E-state index contributed by atoms with van der Waals surface area (Å²) in [5, 5.41) is 4.33. The average Bonchev–Trinajstić information content (AvgIpc) is 2.65. The molecule has 0 saturated heterocycles. The topological polar surface area (TPSA) is 56.7 Å². The van der Waals surface area contributed by atoms with E-state index in [4.69, 9.17) is 5.73 Å². The van der Waals surface area contributed by atoms with Crippen LogP contribution in [0.3, 0.4) is 0 Å². The second-order valence-corrected chi connectivity index (χ2v) is 4.80. The molecule has 0 unspecified atom stereocenters. The molecule has 0 amide bonds. The molecule has 0 aromatic carbocycles. The lowest BCUT2D eigenvalue weighted by atomic mass is 10.2. The highest BCUT2D eigenvalue weighted by Gasteiger charge is 2.17. The van der Waals surface area contributed by atoms with Crippen LogP contribution in [-0.4, -0.2) is 14.8 Å². The molecular weight excluding hydrogens is 299 g/mol. The minimum atomic E-state index is -0.427. The van der Waals surface area contributed by atoms with E-state index in [2.05, 4.69) is 26.0 Å². The van der Waals surface area contributed by atoms with Gasteiger partial charge in [-0.15, -0.1) is 0 Å². The van der Waals surface area contributed by atoms with Crippen LogP contribution in [0.25, 0.3) is 5.82 Å². The van der Waals surface area contributed by atoms with E-state index in [0.717, 1.165) is 11.4 Å². The molecule has 96 valence electrons. The lowest BCUT2D eigenvalue weighted by molar-refractivity contribution is 0.593. The molecule has 0 atom stereocenters. The van der Waals surface area contributed by atoms with Crippen LogP contribution in [0.4, 0.5) is 10.1 Å². The number of nitrogen functional groups attached to an aromatic ring is 1. The third-order valence-electron chi connectivity index (χ3n) is 2.76. The first-order chi connectivity index (χ1) is 8.58. The third-order valence-corrected chi connectivity index (χ3v) is 3.19. The lowest BCUT2D eigenvalue weighted by Gasteiger charge is -2.06. The highest BCUT2D eigenvalue weighted by molar-refractivity contribution is 9.10. The van der Waals surface area contributed by atoms with Gasteiger partial charge in [0.25, 0.3) is 0 Å². The smallest absolute Gasteiger partial charge is 0.190 e. The molecule has 4 nitrogen and oxygen atoms in total. The Morgan fingerprint density at radius 3 is 2.67 bits per heavy atom. The maximum Gasteiger partial charge on any atom is 0.190 e. The number of halogens is 2. The Kier molecular flexibility index (Phi) is 3.65. The predicted molar refractivity (Wildman–Crippen MR) is 72.2 cm³/mol. The van der Waals surface area contributed by atoms with Crippen molar-refractivity contribution in [3.8, 4) is 5.82 Å². The molecule has 2 heterocycles. The number of rotatable bonds is 3. The van der Waals surface area contributed by atoms with Crippen molar-refractivity contribution >= 4 is 21.6 Å².